The van der Waals surface area contributed by atoms with E-state index >= 15 is 0 Å². The minimum absolute atomic E-state index is 0.164. The fourth-order valence-electron chi connectivity index (χ4n) is 3.56. The van der Waals surface area contributed by atoms with Crippen LogP contribution in [0.3, 0.4) is 0 Å². The summed E-state index contributed by atoms with van der Waals surface area (Å²) in [6, 6.07) is 9.12. The van der Waals surface area contributed by atoms with E-state index in [0.717, 1.165) is 55.8 Å². The first kappa shape index (κ1) is 19.5. The highest BCUT2D eigenvalue weighted by Crippen LogP contribution is 2.37. The first-order valence-electron chi connectivity index (χ1n) is 9.78. The van der Waals surface area contributed by atoms with Crippen LogP contribution in [0.25, 0.3) is 0 Å². The smallest absolute Gasteiger partial charge is 0.257 e. The van der Waals surface area contributed by atoms with Crippen LogP contribution in [0.1, 0.15) is 66.4 Å². The third kappa shape index (κ3) is 4.56. The number of hydrogen-bond donors (Lipinski definition) is 1. The Bertz CT molecular complexity index is 782. The van der Waals surface area contributed by atoms with E-state index in [2.05, 4.69) is 24.1 Å². The Labute approximate surface area is 164 Å². The predicted molar refractivity (Wildman–Crippen MR) is 109 cm³/mol. The van der Waals surface area contributed by atoms with Crippen molar-refractivity contribution in [1.82, 2.24) is 9.88 Å². The monoisotopic (exact) mass is 385 g/mol. The van der Waals surface area contributed by atoms with E-state index in [-0.39, 0.29) is 17.7 Å². The van der Waals surface area contributed by atoms with Gasteiger partial charge < -0.3 is 4.90 Å². The fraction of sp³-hybridized carbons (Fsp3) is 0.476. The second kappa shape index (κ2) is 9.13. The van der Waals surface area contributed by atoms with Crippen molar-refractivity contribution in [2.45, 2.75) is 51.9 Å². The van der Waals surface area contributed by atoms with Crippen molar-refractivity contribution in [2.75, 3.05) is 18.4 Å². The maximum Gasteiger partial charge on any atom is 0.257 e. The van der Waals surface area contributed by atoms with Crippen molar-refractivity contribution in [3.05, 3.63) is 46.5 Å². The highest BCUT2D eigenvalue weighted by Gasteiger charge is 2.33. The number of aromatic nitrogens is 1. The number of fused-ring (bicyclic) bond motifs is 1. The highest BCUT2D eigenvalue weighted by molar-refractivity contribution is 7.15. The molecule has 2 amide bonds. The zero-order valence-electron chi connectivity index (χ0n) is 16.0. The summed E-state index contributed by atoms with van der Waals surface area (Å²) in [5.74, 6) is -0.153. The molecular weight excluding hydrogens is 358 g/mol. The van der Waals surface area contributed by atoms with E-state index < -0.39 is 0 Å². The molecule has 0 bridgehead atoms. The van der Waals surface area contributed by atoms with Crippen LogP contribution in [-0.4, -0.2) is 34.8 Å². The summed E-state index contributed by atoms with van der Waals surface area (Å²) >= 11 is 1.50. The van der Waals surface area contributed by atoms with E-state index in [1.54, 1.807) is 12.1 Å². The molecular formula is C21H27N3O2S. The summed E-state index contributed by atoms with van der Waals surface area (Å²) in [5.41, 5.74) is 1.48. The number of carbonyl (C=O) groups is 2. The summed E-state index contributed by atoms with van der Waals surface area (Å²) in [6.07, 6.45) is 4.68. The van der Waals surface area contributed by atoms with Gasteiger partial charge in [-0.1, -0.05) is 32.0 Å². The molecule has 1 aliphatic rings. The Kier molecular flexibility index (Phi) is 6.61. The van der Waals surface area contributed by atoms with Gasteiger partial charge in [0, 0.05) is 23.5 Å². The zero-order chi connectivity index (χ0) is 19.2. The minimum atomic E-state index is -0.175. The van der Waals surface area contributed by atoms with Crippen LogP contribution in [0.15, 0.2) is 30.3 Å². The highest BCUT2D eigenvalue weighted by atomic mass is 32.1. The topological polar surface area (TPSA) is 62.3 Å². The number of carbonyl (C=O) groups excluding carboxylic acids is 2. The third-order valence-corrected chi connectivity index (χ3v) is 5.85. The molecule has 27 heavy (non-hydrogen) atoms. The lowest BCUT2D eigenvalue weighted by atomic mass is 9.89. The Balaban J connectivity index is 1.78. The fourth-order valence-corrected chi connectivity index (χ4v) is 4.62. The van der Waals surface area contributed by atoms with Crippen LogP contribution in [0, 0.1) is 0 Å². The number of hydrogen-bond acceptors (Lipinski definition) is 4. The van der Waals surface area contributed by atoms with Gasteiger partial charge in [-0.2, -0.15) is 0 Å². The van der Waals surface area contributed by atoms with Gasteiger partial charge in [-0.05, 0) is 44.2 Å². The molecule has 0 spiro atoms. The maximum absolute atomic E-state index is 13.1. The maximum atomic E-state index is 13.1. The molecule has 0 fully saturated rings. The lowest BCUT2D eigenvalue weighted by Crippen LogP contribution is -2.37. The van der Waals surface area contributed by atoms with Crippen LogP contribution in [-0.2, 0) is 11.2 Å². The van der Waals surface area contributed by atoms with Gasteiger partial charge in [-0.25, -0.2) is 4.98 Å². The average molecular weight is 386 g/mol. The van der Waals surface area contributed by atoms with Gasteiger partial charge in [-0.15, -0.1) is 11.3 Å². The number of thiazole rings is 1. The number of nitrogens with zero attached hydrogens (tertiary/aromatic N) is 2. The van der Waals surface area contributed by atoms with Crippen LogP contribution in [0.2, 0.25) is 0 Å². The summed E-state index contributed by atoms with van der Waals surface area (Å²) in [6.45, 7) is 5.78. The molecule has 1 aromatic heterocycles. The van der Waals surface area contributed by atoms with E-state index in [4.69, 9.17) is 0 Å². The Morgan fingerprint density at radius 3 is 2.56 bits per heavy atom. The van der Waals surface area contributed by atoms with E-state index in [9.17, 15) is 9.59 Å². The van der Waals surface area contributed by atoms with E-state index in [1.165, 1.54) is 11.3 Å². The third-order valence-electron chi connectivity index (χ3n) is 4.81. The quantitative estimate of drug-likeness (QED) is 0.765. The zero-order valence-corrected chi connectivity index (χ0v) is 16.8. The van der Waals surface area contributed by atoms with Crippen LogP contribution in [0.4, 0.5) is 5.13 Å². The van der Waals surface area contributed by atoms with Gasteiger partial charge in [-0.3, -0.25) is 14.9 Å². The van der Waals surface area contributed by atoms with E-state index in [1.807, 2.05) is 23.1 Å². The number of aryl methyl sites for hydroxylation is 1. The van der Waals surface area contributed by atoms with Crippen molar-refractivity contribution in [2.24, 2.45) is 0 Å². The van der Waals surface area contributed by atoms with Crippen LogP contribution < -0.4 is 5.32 Å². The molecule has 5 nitrogen and oxygen atoms in total. The number of anilines is 1. The molecule has 3 rings (SSSR count). The van der Waals surface area contributed by atoms with Crippen molar-refractivity contribution >= 4 is 28.3 Å². The summed E-state index contributed by atoms with van der Waals surface area (Å²) in [5, 5.41) is 3.49. The first-order valence-corrected chi connectivity index (χ1v) is 10.6. The average Bonchev–Trinajstić information content (AvgIpc) is 3.10. The van der Waals surface area contributed by atoms with Gasteiger partial charge in [0.05, 0.1) is 11.6 Å². The summed E-state index contributed by atoms with van der Waals surface area (Å²) in [4.78, 5) is 33.3. The first-order chi connectivity index (χ1) is 13.1. The van der Waals surface area contributed by atoms with Crippen molar-refractivity contribution in [3.63, 3.8) is 0 Å². The van der Waals surface area contributed by atoms with Crippen molar-refractivity contribution in [1.29, 1.82) is 0 Å². The second-order valence-electron chi connectivity index (χ2n) is 6.92. The molecule has 1 atom stereocenters. The lowest BCUT2D eigenvalue weighted by molar-refractivity contribution is -0.133. The summed E-state index contributed by atoms with van der Waals surface area (Å²) < 4.78 is 0. The molecule has 0 saturated carbocycles. The van der Waals surface area contributed by atoms with E-state index in [0.29, 0.717) is 10.7 Å². The largest absolute Gasteiger partial charge is 0.342 e. The SMILES string of the molecule is CCCN(CCC)C(=O)C1CCCc2sc(NC(=O)c3ccccc3)nc21. The van der Waals surface area contributed by atoms with Crippen LogP contribution >= 0.6 is 11.3 Å². The van der Waals surface area contributed by atoms with Crippen LogP contribution in [0.5, 0.6) is 0 Å². The number of rotatable bonds is 7. The normalized spacial score (nSPS) is 15.9. The van der Waals surface area contributed by atoms with Gasteiger partial charge in [0.25, 0.3) is 5.91 Å². The Hall–Kier alpha value is -2.21. The van der Waals surface area contributed by atoms with Gasteiger partial charge in [0.1, 0.15) is 0 Å². The van der Waals surface area contributed by atoms with Gasteiger partial charge in [0.15, 0.2) is 5.13 Å². The molecule has 0 aliphatic heterocycles. The lowest BCUT2D eigenvalue weighted by Gasteiger charge is -2.28. The minimum Gasteiger partial charge on any atom is -0.342 e. The Morgan fingerprint density at radius 1 is 1.19 bits per heavy atom. The molecule has 1 heterocycles. The molecule has 144 valence electrons. The Morgan fingerprint density at radius 2 is 1.89 bits per heavy atom. The van der Waals surface area contributed by atoms with Gasteiger partial charge >= 0.3 is 0 Å². The van der Waals surface area contributed by atoms with Crippen molar-refractivity contribution < 1.29 is 9.59 Å². The second-order valence-corrected chi connectivity index (χ2v) is 8.00. The van der Waals surface area contributed by atoms with Gasteiger partial charge in [0.2, 0.25) is 5.91 Å². The molecule has 2 aromatic rings. The number of amides is 2. The molecule has 1 unspecified atom stereocenters. The molecule has 1 aromatic carbocycles. The standard InChI is InChI=1S/C21H27N3O2S/c1-3-13-24(14-4-2)20(26)16-11-8-12-17-18(16)22-21(27-17)23-19(25)15-9-6-5-7-10-15/h5-7,9-10,16H,3-4,8,11-14H2,1-2H3,(H,22,23,25). The van der Waals surface area contributed by atoms with Crippen molar-refractivity contribution in [3.8, 4) is 0 Å². The molecule has 6 heteroatoms. The number of benzene rings is 1. The number of nitrogens with one attached hydrogen (secondary N) is 1. The molecule has 1 N–H and O–H groups in total. The molecule has 1 aliphatic carbocycles. The summed E-state index contributed by atoms with van der Waals surface area (Å²) in [7, 11) is 0. The predicted octanol–water partition coefficient (Wildman–Crippen LogP) is 4.46. The molecule has 0 saturated heterocycles. The molecule has 0 radical (unpaired) electrons.